The molecule has 0 aliphatic heterocycles. The lowest BCUT2D eigenvalue weighted by atomic mass is 9.71. The van der Waals surface area contributed by atoms with Crippen LogP contribution in [0.3, 0.4) is 0 Å². The maximum atomic E-state index is 6.19. The minimum Gasteiger partial charge on any atom is -0.489 e. The van der Waals surface area contributed by atoms with E-state index in [0.29, 0.717) is 11.5 Å². The fraction of sp³-hybridized carbons (Fsp3) is 0.625. The Hall–Kier alpha value is -1.02. The number of nitrogens with one attached hydrogen (secondary N) is 1. The summed E-state index contributed by atoms with van der Waals surface area (Å²) in [5, 5.41) is 3.62. The summed E-state index contributed by atoms with van der Waals surface area (Å²) in [6.07, 6.45) is 3.97. The van der Waals surface area contributed by atoms with Gasteiger partial charge in [0.15, 0.2) is 0 Å². The minimum atomic E-state index is 0.288. The van der Waals surface area contributed by atoms with Gasteiger partial charge in [0.05, 0.1) is 0 Å². The molecule has 100 valence electrons. The van der Waals surface area contributed by atoms with Crippen LogP contribution in [0.5, 0.6) is 5.75 Å². The van der Waals surface area contributed by atoms with E-state index in [-0.39, 0.29) is 6.10 Å². The Labute approximate surface area is 111 Å². The Morgan fingerprint density at radius 2 is 2.00 bits per heavy atom. The fourth-order valence-electron chi connectivity index (χ4n) is 3.01. The maximum absolute atomic E-state index is 6.19. The lowest BCUT2D eigenvalue weighted by Gasteiger charge is -2.44. The highest BCUT2D eigenvalue weighted by Crippen LogP contribution is 2.37. The van der Waals surface area contributed by atoms with Crippen molar-refractivity contribution in [2.75, 3.05) is 6.54 Å². The van der Waals surface area contributed by atoms with Gasteiger partial charge in [-0.05, 0) is 43.4 Å². The largest absolute Gasteiger partial charge is 0.489 e. The van der Waals surface area contributed by atoms with Gasteiger partial charge in [-0.3, -0.25) is 0 Å². The SMILES string of the molecule is CCNC1C(Oc2ccccc2)CCCC1(C)C. The van der Waals surface area contributed by atoms with Gasteiger partial charge in [0.1, 0.15) is 11.9 Å². The molecule has 1 aliphatic rings. The quantitative estimate of drug-likeness (QED) is 0.877. The van der Waals surface area contributed by atoms with Crippen molar-refractivity contribution in [1.82, 2.24) is 5.32 Å². The molecule has 1 aromatic rings. The van der Waals surface area contributed by atoms with Crippen LogP contribution in [0.4, 0.5) is 0 Å². The molecular formula is C16H25NO. The molecule has 0 aromatic heterocycles. The average molecular weight is 247 g/mol. The van der Waals surface area contributed by atoms with Gasteiger partial charge >= 0.3 is 0 Å². The molecule has 2 heteroatoms. The number of hydrogen-bond acceptors (Lipinski definition) is 2. The predicted octanol–water partition coefficient (Wildman–Crippen LogP) is 3.62. The lowest BCUT2D eigenvalue weighted by Crippen LogP contribution is -2.54. The molecule has 2 atom stereocenters. The molecule has 2 rings (SSSR count). The monoisotopic (exact) mass is 247 g/mol. The van der Waals surface area contributed by atoms with Crippen molar-refractivity contribution in [1.29, 1.82) is 0 Å². The summed E-state index contributed by atoms with van der Waals surface area (Å²) in [7, 11) is 0. The van der Waals surface area contributed by atoms with E-state index < -0.39 is 0 Å². The van der Waals surface area contributed by atoms with Crippen molar-refractivity contribution in [3.63, 3.8) is 0 Å². The molecule has 0 spiro atoms. The van der Waals surface area contributed by atoms with E-state index in [2.05, 4.69) is 26.1 Å². The Balaban J connectivity index is 2.09. The van der Waals surface area contributed by atoms with Crippen LogP contribution < -0.4 is 10.1 Å². The molecule has 1 saturated carbocycles. The van der Waals surface area contributed by atoms with Crippen LogP contribution in [0.15, 0.2) is 30.3 Å². The van der Waals surface area contributed by atoms with Crippen molar-refractivity contribution in [2.45, 2.75) is 52.2 Å². The highest BCUT2D eigenvalue weighted by molar-refractivity contribution is 5.21. The summed E-state index contributed by atoms with van der Waals surface area (Å²) in [4.78, 5) is 0. The normalized spacial score (nSPS) is 26.8. The smallest absolute Gasteiger partial charge is 0.119 e. The Morgan fingerprint density at radius 1 is 1.28 bits per heavy atom. The summed E-state index contributed by atoms with van der Waals surface area (Å²) in [6, 6.07) is 10.6. The molecule has 1 fully saturated rings. The molecule has 18 heavy (non-hydrogen) atoms. The highest BCUT2D eigenvalue weighted by atomic mass is 16.5. The number of ether oxygens (including phenoxy) is 1. The number of para-hydroxylation sites is 1. The predicted molar refractivity (Wildman–Crippen MR) is 76.0 cm³/mol. The van der Waals surface area contributed by atoms with Crippen LogP contribution in [-0.2, 0) is 0 Å². The molecule has 1 aliphatic carbocycles. The van der Waals surface area contributed by atoms with E-state index >= 15 is 0 Å². The summed E-state index contributed by atoms with van der Waals surface area (Å²) >= 11 is 0. The number of hydrogen-bond donors (Lipinski definition) is 1. The van der Waals surface area contributed by atoms with Gasteiger partial charge < -0.3 is 10.1 Å². The van der Waals surface area contributed by atoms with Gasteiger partial charge in [-0.25, -0.2) is 0 Å². The second-order valence-electron chi connectivity index (χ2n) is 5.89. The summed E-state index contributed by atoms with van der Waals surface area (Å²) in [5.74, 6) is 0.989. The third-order valence-electron chi connectivity index (χ3n) is 3.98. The summed E-state index contributed by atoms with van der Waals surface area (Å²) < 4.78 is 6.19. The Bertz CT molecular complexity index is 361. The van der Waals surface area contributed by atoms with Crippen molar-refractivity contribution >= 4 is 0 Å². The second-order valence-corrected chi connectivity index (χ2v) is 5.89. The first-order valence-electron chi connectivity index (χ1n) is 7.08. The first kappa shape index (κ1) is 13.4. The molecule has 1 aromatic carbocycles. The topological polar surface area (TPSA) is 21.3 Å². The fourth-order valence-corrected chi connectivity index (χ4v) is 3.01. The second kappa shape index (κ2) is 5.75. The first-order valence-corrected chi connectivity index (χ1v) is 7.08. The van der Waals surface area contributed by atoms with Gasteiger partial charge in [0, 0.05) is 6.04 Å². The average Bonchev–Trinajstić information content (AvgIpc) is 2.35. The Kier molecular flexibility index (Phi) is 4.28. The van der Waals surface area contributed by atoms with Gasteiger partial charge in [-0.15, -0.1) is 0 Å². The van der Waals surface area contributed by atoms with E-state index in [9.17, 15) is 0 Å². The first-order chi connectivity index (χ1) is 8.63. The number of likely N-dealkylation sites (N-methyl/N-ethyl adjacent to an activating group) is 1. The molecule has 0 bridgehead atoms. The Morgan fingerprint density at radius 3 is 2.67 bits per heavy atom. The van der Waals surface area contributed by atoms with Crippen LogP contribution in [0.25, 0.3) is 0 Å². The molecule has 2 unspecified atom stereocenters. The van der Waals surface area contributed by atoms with Crippen molar-refractivity contribution in [3.05, 3.63) is 30.3 Å². The third-order valence-corrected chi connectivity index (χ3v) is 3.98. The zero-order valence-corrected chi connectivity index (χ0v) is 11.8. The van der Waals surface area contributed by atoms with Crippen molar-refractivity contribution in [3.8, 4) is 5.75 Å². The molecule has 0 radical (unpaired) electrons. The van der Waals surface area contributed by atoms with E-state index in [1.165, 1.54) is 12.8 Å². The molecule has 1 N–H and O–H groups in total. The minimum absolute atomic E-state index is 0.288. The van der Waals surface area contributed by atoms with Gasteiger partial charge in [0.2, 0.25) is 0 Å². The summed E-state index contributed by atoms with van der Waals surface area (Å²) in [6.45, 7) is 7.87. The highest BCUT2D eigenvalue weighted by Gasteiger charge is 2.39. The standard InChI is InChI=1S/C16H25NO/c1-4-17-15-14(11-8-12-16(15,2)3)18-13-9-6-5-7-10-13/h5-7,9-10,14-15,17H,4,8,11-12H2,1-3H3. The van der Waals surface area contributed by atoms with Crippen LogP contribution in [-0.4, -0.2) is 18.7 Å². The lowest BCUT2D eigenvalue weighted by molar-refractivity contribution is 0.0372. The molecule has 0 saturated heterocycles. The maximum Gasteiger partial charge on any atom is 0.119 e. The van der Waals surface area contributed by atoms with Gasteiger partial charge in [-0.1, -0.05) is 39.0 Å². The van der Waals surface area contributed by atoms with Crippen LogP contribution in [0.2, 0.25) is 0 Å². The zero-order valence-electron chi connectivity index (χ0n) is 11.8. The van der Waals surface area contributed by atoms with Crippen LogP contribution in [0, 0.1) is 5.41 Å². The molecule has 2 nitrogen and oxygen atoms in total. The van der Waals surface area contributed by atoms with Crippen molar-refractivity contribution < 1.29 is 4.74 Å². The number of benzene rings is 1. The van der Waals surface area contributed by atoms with Crippen LogP contribution in [0.1, 0.15) is 40.0 Å². The van der Waals surface area contributed by atoms with E-state index in [1.807, 2.05) is 30.3 Å². The zero-order chi connectivity index (χ0) is 13.0. The van der Waals surface area contributed by atoms with Gasteiger partial charge in [-0.2, -0.15) is 0 Å². The van der Waals surface area contributed by atoms with Gasteiger partial charge in [0.25, 0.3) is 0 Å². The third kappa shape index (κ3) is 3.05. The molecular weight excluding hydrogens is 222 g/mol. The molecule has 0 heterocycles. The van der Waals surface area contributed by atoms with E-state index in [1.54, 1.807) is 0 Å². The van der Waals surface area contributed by atoms with Crippen LogP contribution >= 0.6 is 0 Å². The summed E-state index contributed by atoms with van der Waals surface area (Å²) in [5.41, 5.74) is 0.313. The number of rotatable bonds is 4. The van der Waals surface area contributed by atoms with E-state index in [4.69, 9.17) is 4.74 Å². The van der Waals surface area contributed by atoms with E-state index in [0.717, 1.165) is 18.7 Å². The van der Waals surface area contributed by atoms with Crippen molar-refractivity contribution in [2.24, 2.45) is 5.41 Å². The molecule has 0 amide bonds.